The van der Waals surface area contributed by atoms with E-state index < -0.39 is 0 Å². The second-order valence-electron chi connectivity index (χ2n) is 6.50. The highest BCUT2D eigenvalue weighted by Gasteiger charge is 2.34. The summed E-state index contributed by atoms with van der Waals surface area (Å²) in [5, 5.41) is 11.5. The van der Waals surface area contributed by atoms with Crippen LogP contribution < -0.4 is 0 Å². The van der Waals surface area contributed by atoms with Crippen LogP contribution in [0.1, 0.15) is 40.9 Å². The van der Waals surface area contributed by atoms with E-state index in [9.17, 15) is 9.18 Å². The van der Waals surface area contributed by atoms with Gasteiger partial charge < -0.3 is 4.90 Å². The molecule has 0 unspecified atom stereocenters. The van der Waals surface area contributed by atoms with Crippen LogP contribution in [0.25, 0.3) is 11.4 Å². The maximum absolute atomic E-state index is 13.1. The summed E-state index contributed by atoms with van der Waals surface area (Å²) in [5.74, 6) is 0.731. The zero-order chi connectivity index (χ0) is 18.3. The Morgan fingerprint density at radius 3 is 2.77 bits per heavy atom. The van der Waals surface area contributed by atoms with Crippen LogP contribution in [0, 0.1) is 12.7 Å². The lowest BCUT2D eigenvalue weighted by atomic mass is 10.2. The highest BCUT2D eigenvalue weighted by Crippen LogP contribution is 2.32. The van der Waals surface area contributed by atoms with E-state index in [0.717, 1.165) is 24.1 Å². The molecule has 0 spiro atoms. The normalized spacial score (nSPS) is 17.0. The number of nitrogens with one attached hydrogen (secondary N) is 1. The van der Waals surface area contributed by atoms with Crippen LogP contribution in [0.3, 0.4) is 0 Å². The first-order valence-electron chi connectivity index (χ1n) is 8.53. The van der Waals surface area contributed by atoms with Gasteiger partial charge in [-0.2, -0.15) is 10.2 Å². The third-order valence-electron chi connectivity index (χ3n) is 4.77. The first kappa shape index (κ1) is 16.4. The van der Waals surface area contributed by atoms with Gasteiger partial charge in [0.15, 0.2) is 11.5 Å². The summed E-state index contributed by atoms with van der Waals surface area (Å²) < 4.78 is 14.8. The average molecular weight is 354 g/mol. The fourth-order valence-electron chi connectivity index (χ4n) is 3.26. The SMILES string of the molecule is Cc1cc(C(=O)N2CCC[C@H]2c2nc(-c3ccc(F)cc3)n[nH]2)nn1C. The molecule has 0 radical (unpaired) electrons. The number of benzene rings is 1. The molecule has 1 amide bonds. The van der Waals surface area contributed by atoms with E-state index in [-0.39, 0.29) is 17.8 Å². The first-order chi connectivity index (χ1) is 12.5. The molecule has 1 saturated heterocycles. The van der Waals surface area contributed by atoms with Crippen molar-refractivity contribution in [2.75, 3.05) is 6.54 Å². The van der Waals surface area contributed by atoms with E-state index in [1.807, 2.05) is 14.0 Å². The summed E-state index contributed by atoms with van der Waals surface area (Å²) in [6.07, 6.45) is 1.71. The zero-order valence-electron chi connectivity index (χ0n) is 14.6. The van der Waals surface area contributed by atoms with Gasteiger partial charge in [0, 0.05) is 24.8 Å². The summed E-state index contributed by atoms with van der Waals surface area (Å²) in [5.41, 5.74) is 2.10. The molecule has 0 saturated carbocycles. The molecule has 4 rings (SSSR count). The number of hydrogen-bond acceptors (Lipinski definition) is 4. The molecule has 0 aliphatic carbocycles. The minimum atomic E-state index is -0.303. The smallest absolute Gasteiger partial charge is 0.274 e. The number of aryl methyl sites for hydroxylation is 2. The lowest BCUT2D eigenvalue weighted by molar-refractivity contribution is 0.0723. The van der Waals surface area contributed by atoms with Crippen molar-refractivity contribution in [2.45, 2.75) is 25.8 Å². The molecule has 1 N–H and O–H groups in total. The van der Waals surface area contributed by atoms with Crippen molar-refractivity contribution in [1.82, 2.24) is 29.9 Å². The van der Waals surface area contributed by atoms with Crippen molar-refractivity contribution in [3.05, 3.63) is 53.4 Å². The van der Waals surface area contributed by atoms with Crippen molar-refractivity contribution in [3.8, 4) is 11.4 Å². The second kappa shape index (κ2) is 6.36. The number of H-pyrrole nitrogens is 1. The molecule has 1 fully saturated rings. The molecule has 26 heavy (non-hydrogen) atoms. The largest absolute Gasteiger partial charge is 0.327 e. The Labute approximate surface area is 149 Å². The van der Waals surface area contributed by atoms with Crippen molar-refractivity contribution in [2.24, 2.45) is 7.05 Å². The lowest BCUT2D eigenvalue weighted by Crippen LogP contribution is -2.31. The molecule has 1 atom stereocenters. The van der Waals surface area contributed by atoms with Crippen LogP contribution in [0.15, 0.2) is 30.3 Å². The Balaban J connectivity index is 1.59. The minimum Gasteiger partial charge on any atom is -0.327 e. The van der Waals surface area contributed by atoms with Crippen LogP contribution in [0.4, 0.5) is 4.39 Å². The van der Waals surface area contributed by atoms with Crippen LogP contribution in [0.2, 0.25) is 0 Å². The van der Waals surface area contributed by atoms with Gasteiger partial charge in [-0.1, -0.05) is 0 Å². The summed E-state index contributed by atoms with van der Waals surface area (Å²) in [7, 11) is 1.82. The van der Waals surface area contributed by atoms with E-state index in [4.69, 9.17) is 0 Å². The number of aromatic amines is 1. The van der Waals surface area contributed by atoms with Gasteiger partial charge >= 0.3 is 0 Å². The minimum absolute atomic E-state index is 0.101. The summed E-state index contributed by atoms with van der Waals surface area (Å²) in [6.45, 7) is 2.57. The fraction of sp³-hybridized carbons (Fsp3) is 0.333. The van der Waals surface area contributed by atoms with Gasteiger partial charge in [-0.05, 0) is 50.1 Å². The van der Waals surface area contributed by atoms with E-state index in [1.165, 1.54) is 12.1 Å². The number of amides is 1. The van der Waals surface area contributed by atoms with Gasteiger partial charge in [0.2, 0.25) is 0 Å². The number of aromatic nitrogens is 5. The maximum atomic E-state index is 13.1. The molecular formula is C18H19FN6O. The summed E-state index contributed by atoms with van der Waals surface area (Å²) in [4.78, 5) is 19.2. The average Bonchev–Trinajstić information content (AvgIpc) is 3.35. The van der Waals surface area contributed by atoms with E-state index in [1.54, 1.807) is 27.8 Å². The Morgan fingerprint density at radius 1 is 1.31 bits per heavy atom. The van der Waals surface area contributed by atoms with E-state index in [2.05, 4.69) is 20.3 Å². The number of nitrogens with zero attached hydrogens (tertiary/aromatic N) is 5. The molecule has 0 bridgehead atoms. The van der Waals surface area contributed by atoms with Gasteiger partial charge in [0.1, 0.15) is 11.6 Å². The monoisotopic (exact) mass is 354 g/mol. The van der Waals surface area contributed by atoms with Gasteiger partial charge in [-0.15, -0.1) is 0 Å². The number of carbonyl (C=O) groups is 1. The number of hydrogen-bond donors (Lipinski definition) is 1. The zero-order valence-corrected chi connectivity index (χ0v) is 14.6. The lowest BCUT2D eigenvalue weighted by Gasteiger charge is -2.21. The van der Waals surface area contributed by atoms with Crippen molar-refractivity contribution in [1.29, 1.82) is 0 Å². The quantitative estimate of drug-likeness (QED) is 0.784. The molecular weight excluding hydrogens is 335 g/mol. The highest BCUT2D eigenvalue weighted by molar-refractivity contribution is 5.92. The number of carbonyl (C=O) groups excluding carboxylic acids is 1. The van der Waals surface area contributed by atoms with Gasteiger partial charge in [0.25, 0.3) is 5.91 Å². The van der Waals surface area contributed by atoms with E-state index in [0.29, 0.717) is 23.9 Å². The maximum Gasteiger partial charge on any atom is 0.274 e. The Kier molecular flexibility index (Phi) is 4.02. The fourth-order valence-corrected chi connectivity index (χ4v) is 3.26. The first-order valence-corrected chi connectivity index (χ1v) is 8.53. The molecule has 1 aliphatic heterocycles. The number of rotatable bonds is 3. The van der Waals surface area contributed by atoms with Crippen molar-refractivity contribution in [3.63, 3.8) is 0 Å². The molecule has 8 heteroatoms. The molecule has 3 aromatic rings. The predicted octanol–water partition coefficient (Wildman–Crippen LogP) is 2.63. The highest BCUT2D eigenvalue weighted by atomic mass is 19.1. The van der Waals surface area contributed by atoms with Crippen LogP contribution in [-0.4, -0.2) is 42.3 Å². The van der Waals surface area contributed by atoms with Gasteiger partial charge in [-0.25, -0.2) is 9.37 Å². The number of likely N-dealkylation sites (tertiary alicyclic amines) is 1. The van der Waals surface area contributed by atoms with Crippen LogP contribution in [0.5, 0.6) is 0 Å². The molecule has 3 heterocycles. The molecule has 1 aliphatic rings. The predicted molar refractivity (Wildman–Crippen MR) is 92.7 cm³/mol. The summed E-state index contributed by atoms with van der Waals surface area (Å²) in [6, 6.07) is 7.65. The van der Waals surface area contributed by atoms with Crippen molar-refractivity contribution >= 4 is 5.91 Å². The van der Waals surface area contributed by atoms with Gasteiger partial charge in [0.05, 0.1) is 6.04 Å². The molecule has 1 aromatic carbocycles. The van der Waals surface area contributed by atoms with Crippen LogP contribution in [-0.2, 0) is 7.05 Å². The van der Waals surface area contributed by atoms with E-state index >= 15 is 0 Å². The topological polar surface area (TPSA) is 79.7 Å². The third-order valence-corrected chi connectivity index (χ3v) is 4.77. The summed E-state index contributed by atoms with van der Waals surface area (Å²) >= 11 is 0. The van der Waals surface area contributed by atoms with Gasteiger partial charge in [-0.3, -0.25) is 14.6 Å². The Morgan fingerprint density at radius 2 is 2.08 bits per heavy atom. The Hall–Kier alpha value is -3.03. The molecule has 134 valence electrons. The standard InChI is InChI=1S/C18H19FN6O/c1-11-10-14(23-24(11)2)18(26)25-9-3-4-15(25)17-20-16(21-22-17)12-5-7-13(19)8-6-12/h5-8,10,15H,3-4,9H2,1-2H3,(H,20,21,22)/t15-/m0/s1. The molecule has 2 aromatic heterocycles. The Bertz CT molecular complexity index is 926. The second-order valence-corrected chi connectivity index (χ2v) is 6.50. The molecule has 7 nitrogen and oxygen atoms in total. The van der Waals surface area contributed by atoms with Crippen molar-refractivity contribution < 1.29 is 9.18 Å². The van der Waals surface area contributed by atoms with Crippen LogP contribution >= 0.6 is 0 Å². The number of halogens is 1. The third kappa shape index (κ3) is 2.87.